The Labute approximate surface area is 137 Å². The quantitative estimate of drug-likeness (QED) is 0.621. The van der Waals surface area contributed by atoms with Crippen molar-refractivity contribution >= 4 is 17.8 Å². The van der Waals surface area contributed by atoms with E-state index in [1.54, 1.807) is 0 Å². The molecular weight excluding hydrogens is 278 g/mol. The molecule has 0 atom stereocenters. The lowest BCUT2D eigenvalue weighted by Crippen LogP contribution is -2.26. The van der Waals surface area contributed by atoms with Crippen molar-refractivity contribution in [3.8, 4) is 0 Å². The van der Waals surface area contributed by atoms with Crippen LogP contribution in [0.5, 0.6) is 0 Å². The second-order valence-corrected chi connectivity index (χ2v) is 6.25. The highest BCUT2D eigenvalue weighted by atomic mass is 14.5. The van der Waals surface area contributed by atoms with Gasteiger partial charge in [-0.15, -0.1) is 0 Å². The number of nitrogen functional groups attached to an aromatic ring is 1. The van der Waals surface area contributed by atoms with Gasteiger partial charge in [-0.05, 0) is 46.9 Å². The molecule has 23 heavy (non-hydrogen) atoms. The number of anilines is 1. The van der Waals surface area contributed by atoms with Gasteiger partial charge in [0.15, 0.2) is 0 Å². The second kappa shape index (κ2) is 5.13. The Morgan fingerprint density at radius 2 is 1.13 bits per heavy atom. The third kappa shape index (κ3) is 2.08. The molecule has 0 saturated heterocycles. The molecule has 0 spiro atoms. The molecule has 0 unspecified atom stereocenters. The van der Waals surface area contributed by atoms with Crippen molar-refractivity contribution in [2.24, 2.45) is 0 Å². The van der Waals surface area contributed by atoms with Crippen molar-refractivity contribution in [1.29, 1.82) is 0 Å². The number of nitrogens with two attached hydrogens (primary N) is 1. The van der Waals surface area contributed by atoms with Crippen LogP contribution in [0.1, 0.15) is 34.7 Å². The molecule has 3 aromatic carbocycles. The first kappa shape index (κ1) is 13.8. The molecule has 1 aliphatic rings. The summed E-state index contributed by atoms with van der Waals surface area (Å²) in [5.41, 5.74) is 12.9. The molecule has 0 heterocycles. The van der Waals surface area contributed by atoms with Gasteiger partial charge in [-0.1, -0.05) is 72.8 Å². The third-order valence-electron chi connectivity index (χ3n) is 4.93. The topological polar surface area (TPSA) is 26.0 Å². The van der Waals surface area contributed by atoms with E-state index in [4.69, 9.17) is 5.73 Å². The number of hydrogen-bond acceptors (Lipinski definition) is 1. The Kier molecular flexibility index (Phi) is 3.09. The lowest BCUT2D eigenvalue weighted by molar-refractivity contribution is 0.691. The van der Waals surface area contributed by atoms with E-state index in [-0.39, 0.29) is 5.41 Å². The van der Waals surface area contributed by atoms with Crippen LogP contribution in [0.25, 0.3) is 12.2 Å². The zero-order chi connectivity index (χ0) is 15.9. The first-order valence-electron chi connectivity index (χ1n) is 7.93. The van der Waals surface area contributed by atoms with E-state index in [0.29, 0.717) is 0 Å². The van der Waals surface area contributed by atoms with Crippen LogP contribution >= 0.6 is 0 Å². The average Bonchev–Trinajstić information content (AvgIpc) is 2.72. The monoisotopic (exact) mass is 297 g/mol. The molecule has 0 saturated carbocycles. The molecule has 0 bridgehead atoms. The summed E-state index contributed by atoms with van der Waals surface area (Å²) in [5.74, 6) is 0. The maximum absolute atomic E-state index is 5.91. The van der Waals surface area contributed by atoms with Gasteiger partial charge < -0.3 is 5.73 Å². The second-order valence-electron chi connectivity index (χ2n) is 6.25. The summed E-state index contributed by atoms with van der Waals surface area (Å²) < 4.78 is 0. The lowest BCUT2D eigenvalue weighted by Gasteiger charge is -2.33. The van der Waals surface area contributed by atoms with Crippen molar-refractivity contribution in [2.75, 3.05) is 5.73 Å². The molecule has 1 heteroatoms. The van der Waals surface area contributed by atoms with Gasteiger partial charge in [0.05, 0.1) is 0 Å². The highest BCUT2D eigenvalue weighted by molar-refractivity contribution is 5.79. The van der Waals surface area contributed by atoms with Gasteiger partial charge in [-0.2, -0.15) is 0 Å². The van der Waals surface area contributed by atoms with Crippen LogP contribution in [-0.2, 0) is 5.41 Å². The number of benzene rings is 3. The molecule has 3 aromatic rings. The Morgan fingerprint density at radius 3 is 1.65 bits per heavy atom. The molecule has 0 radical (unpaired) electrons. The first-order chi connectivity index (χ1) is 11.2. The molecule has 0 aromatic heterocycles. The first-order valence-corrected chi connectivity index (χ1v) is 7.93. The van der Waals surface area contributed by atoms with E-state index in [2.05, 4.69) is 79.7 Å². The third-order valence-corrected chi connectivity index (χ3v) is 4.93. The Hall–Kier alpha value is -2.80. The van der Waals surface area contributed by atoms with Gasteiger partial charge in [-0.3, -0.25) is 0 Å². The van der Waals surface area contributed by atoms with Gasteiger partial charge in [0.2, 0.25) is 0 Å². The van der Waals surface area contributed by atoms with E-state index in [9.17, 15) is 0 Å². The predicted molar refractivity (Wildman–Crippen MR) is 98.2 cm³/mol. The molecule has 112 valence electrons. The van der Waals surface area contributed by atoms with Crippen molar-refractivity contribution in [1.82, 2.24) is 0 Å². The van der Waals surface area contributed by atoms with E-state index in [0.717, 1.165) is 5.69 Å². The number of fused-ring (bicyclic) bond motifs is 2. The standard InChI is InChI=1S/C22H19N/c1-22(18-12-14-19(23)15-13-18)20-8-4-2-6-16(20)10-11-17-7-3-5-9-21(17)22/h2-15H,23H2,1H3. The van der Waals surface area contributed by atoms with Gasteiger partial charge in [0.1, 0.15) is 0 Å². The van der Waals surface area contributed by atoms with E-state index in [1.165, 1.54) is 27.8 Å². The van der Waals surface area contributed by atoms with Gasteiger partial charge >= 0.3 is 0 Å². The van der Waals surface area contributed by atoms with E-state index in [1.807, 2.05) is 12.1 Å². The fourth-order valence-electron chi connectivity index (χ4n) is 3.65. The van der Waals surface area contributed by atoms with Crippen molar-refractivity contribution in [3.05, 3.63) is 101 Å². The van der Waals surface area contributed by atoms with Gasteiger partial charge in [0, 0.05) is 11.1 Å². The van der Waals surface area contributed by atoms with Crippen LogP contribution in [0, 0.1) is 0 Å². The Morgan fingerprint density at radius 1 is 0.652 bits per heavy atom. The largest absolute Gasteiger partial charge is 0.399 e. The summed E-state index contributed by atoms with van der Waals surface area (Å²) in [4.78, 5) is 0. The zero-order valence-electron chi connectivity index (χ0n) is 13.2. The zero-order valence-corrected chi connectivity index (χ0v) is 13.2. The molecule has 2 N–H and O–H groups in total. The summed E-state index contributed by atoms with van der Waals surface area (Å²) in [6.07, 6.45) is 4.44. The number of rotatable bonds is 1. The number of hydrogen-bond donors (Lipinski definition) is 1. The van der Waals surface area contributed by atoms with Crippen LogP contribution in [0.4, 0.5) is 5.69 Å². The summed E-state index contributed by atoms with van der Waals surface area (Å²) in [7, 11) is 0. The summed E-state index contributed by atoms with van der Waals surface area (Å²) >= 11 is 0. The molecule has 0 fully saturated rings. The normalized spacial score (nSPS) is 14.7. The van der Waals surface area contributed by atoms with E-state index < -0.39 is 0 Å². The molecule has 0 amide bonds. The summed E-state index contributed by atoms with van der Waals surface area (Å²) in [6.45, 7) is 2.31. The molecule has 1 aliphatic carbocycles. The minimum Gasteiger partial charge on any atom is -0.399 e. The van der Waals surface area contributed by atoms with Crippen LogP contribution in [0.3, 0.4) is 0 Å². The lowest BCUT2D eigenvalue weighted by atomic mass is 9.69. The molecule has 4 rings (SSSR count). The summed E-state index contributed by atoms with van der Waals surface area (Å²) in [6, 6.07) is 25.6. The summed E-state index contributed by atoms with van der Waals surface area (Å²) in [5, 5.41) is 0. The minimum atomic E-state index is -0.204. The SMILES string of the molecule is CC1(c2ccc(N)cc2)c2ccccc2C=Cc2ccccc21. The van der Waals surface area contributed by atoms with E-state index >= 15 is 0 Å². The minimum absolute atomic E-state index is 0.204. The molecular formula is C22H19N. The highest BCUT2D eigenvalue weighted by Crippen LogP contribution is 2.44. The maximum Gasteiger partial charge on any atom is 0.0435 e. The Bertz CT molecular complexity index is 838. The fourth-order valence-corrected chi connectivity index (χ4v) is 3.65. The smallest absolute Gasteiger partial charge is 0.0435 e. The molecule has 1 nitrogen and oxygen atoms in total. The Balaban J connectivity index is 2.08. The highest BCUT2D eigenvalue weighted by Gasteiger charge is 2.35. The van der Waals surface area contributed by atoms with Gasteiger partial charge in [0.25, 0.3) is 0 Å². The van der Waals surface area contributed by atoms with Crippen molar-refractivity contribution in [2.45, 2.75) is 12.3 Å². The predicted octanol–water partition coefficient (Wildman–Crippen LogP) is 5.11. The maximum atomic E-state index is 5.91. The van der Waals surface area contributed by atoms with Crippen LogP contribution in [-0.4, -0.2) is 0 Å². The van der Waals surface area contributed by atoms with Crippen molar-refractivity contribution in [3.63, 3.8) is 0 Å². The average molecular weight is 297 g/mol. The van der Waals surface area contributed by atoms with Crippen LogP contribution in [0.15, 0.2) is 72.8 Å². The fraction of sp³-hybridized carbons (Fsp3) is 0.0909. The van der Waals surface area contributed by atoms with Gasteiger partial charge in [-0.25, -0.2) is 0 Å². The molecule has 0 aliphatic heterocycles. The van der Waals surface area contributed by atoms with Crippen LogP contribution in [0.2, 0.25) is 0 Å². The van der Waals surface area contributed by atoms with Crippen LogP contribution < -0.4 is 5.73 Å². The van der Waals surface area contributed by atoms with Crippen molar-refractivity contribution < 1.29 is 0 Å².